The Morgan fingerprint density at radius 2 is 1.50 bits per heavy atom. The molecule has 1 aliphatic rings. The summed E-state index contributed by atoms with van der Waals surface area (Å²) < 4.78 is 4.50. The van der Waals surface area contributed by atoms with Gasteiger partial charge in [0.15, 0.2) is 0 Å². The first-order chi connectivity index (χ1) is 5.74. The van der Waals surface area contributed by atoms with E-state index >= 15 is 0 Å². The van der Waals surface area contributed by atoms with Crippen LogP contribution in [0.3, 0.4) is 0 Å². The summed E-state index contributed by atoms with van der Waals surface area (Å²) in [5, 5.41) is 25.8. The molecule has 4 heteroatoms. The number of epoxide rings is 1. The van der Waals surface area contributed by atoms with Gasteiger partial charge in [-0.25, -0.2) is 0 Å². The molecule has 0 aromatic rings. The molecule has 0 amide bonds. The highest BCUT2D eigenvalue weighted by Gasteiger charge is 2.22. The van der Waals surface area contributed by atoms with E-state index in [1.165, 1.54) is 6.08 Å². The van der Waals surface area contributed by atoms with Gasteiger partial charge in [0.1, 0.15) is 0 Å². The number of hydrogen-bond acceptors (Lipinski definition) is 4. The number of ether oxygens (including phenoxy) is 1. The highest BCUT2D eigenvalue weighted by Crippen LogP contribution is 2.14. The van der Waals surface area contributed by atoms with E-state index in [-0.39, 0.29) is 19.8 Å². The molecular weight excluding hydrogens is 160 g/mol. The van der Waals surface area contributed by atoms with Crippen LogP contribution in [-0.4, -0.2) is 48.4 Å². The van der Waals surface area contributed by atoms with Crippen LogP contribution < -0.4 is 0 Å². The fourth-order valence-corrected chi connectivity index (χ4v) is 0.344. The number of rotatable bonds is 4. The van der Waals surface area contributed by atoms with Gasteiger partial charge in [0.05, 0.1) is 38.4 Å². The van der Waals surface area contributed by atoms with E-state index in [2.05, 4.69) is 11.3 Å². The Labute approximate surface area is 72.1 Å². The van der Waals surface area contributed by atoms with Crippen molar-refractivity contribution < 1.29 is 20.1 Å². The van der Waals surface area contributed by atoms with Crippen LogP contribution in [0, 0.1) is 5.41 Å². The molecule has 0 aromatic carbocycles. The van der Waals surface area contributed by atoms with Crippen LogP contribution >= 0.6 is 0 Å². The standard InChI is InChI=1S/C6H12O3.C2H4O/c1-2-6(3-7,4-8)5-9;1-2-3-1/h2,7-9H,1,3-5H2;1-2H2. The lowest BCUT2D eigenvalue weighted by Crippen LogP contribution is -2.31. The van der Waals surface area contributed by atoms with Crippen molar-refractivity contribution >= 4 is 0 Å². The van der Waals surface area contributed by atoms with Gasteiger partial charge in [-0.1, -0.05) is 6.08 Å². The topological polar surface area (TPSA) is 73.2 Å². The van der Waals surface area contributed by atoms with Crippen molar-refractivity contribution in [2.24, 2.45) is 5.41 Å². The molecule has 72 valence electrons. The van der Waals surface area contributed by atoms with Gasteiger partial charge in [-0.15, -0.1) is 6.58 Å². The van der Waals surface area contributed by atoms with Gasteiger partial charge < -0.3 is 20.1 Å². The first kappa shape index (κ1) is 11.6. The maximum absolute atomic E-state index is 8.59. The second-order valence-electron chi connectivity index (χ2n) is 2.65. The first-order valence-corrected chi connectivity index (χ1v) is 3.78. The fourth-order valence-electron chi connectivity index (χ4n) is 0.344. The Balaban J connectivity index is 0.000000330. The lowest BCUT2D eigenvalue weighted by molar-refractivity contribution is 0.0421. The van der Waals surface area contributed by atoms with Crippen molar-refractivity contribution in [2.45, 2.75) is 0 Å². The van der Waals surface area contributed by atoms with Gasteiger partial charge in [-0.3, -0.25) is 0 Å². The third-order valence-electron chi connectivity index (χ3n) is 1.58. The molecule has 1 fully saturated rings. The maximum Gasteiger partial charge on any atom is 0.0701 e. The molecule has 0 unspecified atom stereocenters. The molecule has 1 heterocycles. The van der Waals surface area contributed by atoms with E-state index in [1.807, 2.05) is 0 Å². The third kappa shape index (κ3) is 4.46. The molecule has 0 radical (unpaired) electrons. The van der Waals surface area contributed by atoms with Crippen molar-refractivity contribution in [1.29, 1.82) is 0 Å². The van der Waals surface area contributed by atoms with E-state index in [0.717, 1.165) is 13.2 Å². The summed E-state index contributed by atoms with van der Waals surface area (Å²) in [6, 6.07) is 0. The fraction of sp³-hybridized carbons (Fsp3) is 0.750. The second-order valence-corrected chi connectivity index (χ2v) is 2.65. The van der Waals surface area contributed by atoms with Gasteiger partial charge in [-0.2, -0.15) is 0 Å². The Morgan fingerprint density at radius 3 is 1.50 bits per heavy atom. The SMILES string of the molecule is C1CO1.C=CC(CO)(CO)CO. The molecule has 1 saturated heterocycles. The molecule has 0 atom stereocenters. The monoisotopic (exact) mass is 176 g/mol. The number of aliphatic hydroxyl groups is 3. The van der Waals surface area contributed by atoms with E-state index < -0.39 is 5.41 Å². The summed E-state index contributed by atoms with van der Waals surface area (Å²) in [6.45, 7) is 4.54. The molecular formula is C8H16O4. The highest BCUT2D eigenvalue weighted by molar-refractivity contribution is 4.93. The highest BCUT2D eigenvalue weighted by atomic mass is 16.6. The lowest BCUT2D eigenvalue weighted by Gasteiger charge is -2.21. The van der Waals surface area contributed by atoms with E-state index in [4.69, 9.17) is 15.3 Å². The average molecular weight is 176 g/mol. The van der Waals surface area contributed by atoms with Gasteiger partial charge in [-0.05, 0) is 0 Å². The molecule has 0 saturated carbocycles. The predicted molar refractivity (Wildman–Crippen MR) is 44.7 cm³/mol. The third-order valence-corrected chi connectivity index (χ3v) is 1.58. The zero-order valence-corrected chi connectivity index (χ0v) is 7.07. The van der Waals surface area contributed by atoms with Crippen LogP contribution in [0.4, 0.5) is 0 Å². The predicted octanol–water partition coefficient (Wildman–Crippen LogP) is -0.848. The van der Waals surface area contributed by atoms with Crippen molar-refractivity contribution in [1.82, 2.24) is 0 Å². The summed E-state index contributed by atoms with van der Waals surface area (Å²) in [6.07, 6.45) is 1.35. The molecule has 0 bridgehead atoms. The molecule has 0 spiro atoms. The largest absolute Gasteiger partial charge is 0.395 e. The minimum Gasteiger partial charge on any atom is -0.395 e. The molecule has 1 aliphatic heterocycles. The van der Waals surface area contributed by atoms with Crippen LogP contribution in [0.1, 0.15) is 0 Å². The summed E-state index contributed by atoms with van der Waals surface area (Å²) in [7, 11) is 0. The molecule has 4 nitrogen and oxygen atoms in total. The summed E-state index contributed by atoms with van der Waals surface area (Å²) in [4.78, 5) is 0. The Morgan fingerprint density at radius 1 is 1.17 bits per heavy atom. The quantitative estimate of drug-likeness (QED) is 0.385. The van der Waals surface area contributed by atoms with E-state index in [1.54, 1.807) is 0 Å². The molecule has 1 rings (SSSR count). The van der Waals surface area contributed by atoms with Crippen LogP contribution in [0.2, 0.25) is 0 Å². The first-order valence-electron chi connectivity index (χ1n) is 3.78. The minimum absolute atomic E-state index is 0.274. The normalized spacial score (nSPS) is 14.6. The van der Waals surface area contributed by atoms with Crippen LogP contribution in [-0.2, 0) is 4.74 Å². The van der Waals surface area contributed by atoms with Crippen LogP contribution in [0.5, 0.6) is 0 Å². The van der Waals surface area contributed by atoms with Crippen LogP contribution in [0.25, 0.3) is 0 Å². The summed E-state index contributed by atoms with van der Waals surface area (Å²) in [5.41, 5.74) is -0.903. The molecule has 0 aromatic heterocycles. The lowest BCUT2D eigenvalue weighted by atomic mass is 9.92. The second kappa shape index (κ2) is 6.14. The average Bonchev–Trinajstić information content (AvgIpc) is 2.96. The Kier molecular flexibility index (Phi) is 5.92. The molecule has 3 N–H and O–H groups in total. The zero-order valence-electron chi connectivity index (χ0n) is 7.07. The Bertz CT molecular complexity index is 107. The van der Waals surface area contributed by atoms with Crippen LogP contribution in [0.15, 0.2) is 12.7 Å². The zero-order chi connectivity index (χ0) is 9.45. The van der Waals surface area contributed by atoms with Gasteiger partial charge in [0.25, 0.3) is 0 Å². The summed E-state index contributed by atoms with van der Waals surface area (Å²) in [5.74, 6) is 0. The smallest absolute Gasteiger partial charge is 0.0701 e. The van der Waals surface area contributed by atoms with Gasteiger partial charge >= 0.3 is 0 Å². The van der Waals surface area contributed by atoms with E-state index in [9.17, 15) is 0 Å². The van der Waals surface area contributed by atoms with Gasteiger partial charge in [0.2, 0.25) is 0 Å². The minimum atomic E-state index is -0.903. The van der Waals surface area contributed by atoms with Gasteiger partial charge in [0, 0.05) is 0 Å². The molecule has 0 aliphatic carbocycles. The maximum atomic E-state index is 8.59. The summed E-state index contributed by atoms with van der Waals surface area (Å²) >= 11 is 0. The van der Waals surface area contributed by atoms with E-state index in [0.29, 0.717) is 0 Å². The van der Waals surface area contributed by atoms with Crippen molar-refractivity contribution in [3.63, 3.8) is 0 Å². The molecule has 12 heavy (non-hydrogen) atoms. The van der Waals surface area contributed by atoms with Crippen molar-refractivity contribution in [3.05, 3.63) is 12.7 Å². The van der Waals surface area contributed by atoms with Crippen molar-refractivity contribution in [3.8, 4) is 0 Å². The number of hydrogen-bond donors (Lipinski definition) is 3. The number of aliphatic hydroxyl groups excluding tert-OH is 3. The van der Waals surface area contributed by atoms with Crippen molar-refractivity contribution in [2.75, 3.05) is 33.0 Å². The Hall–Kier alpha value is -0.420.